The third-order valence-corrected chi connectivity index (χ3v) is 4.03. The molecule has 0 saturated carbocycles. The average Bonchev–Trinajstić information content (AvgIpc) is 2.52. The summed E-state index contributed by atoms with van der Waals surface area (Å²) < 4.78 is 1.13. The second-order valence-electron chi connectivity index (χ2n) is 6.54. The van der Waals surface area contributed by atoms with Crippen molar-refractivity contribution in [2.75, 3.05) is 0 Å². The molecular weight excluding hydrogens is 316 g/mol. The second-order valence-corrected chi connectivity index (χ2v) is 6.54. The summed E-state index contributed by atoms with van der Waals surface area (Å²) >= 11 is 0. The molecule has 0 amide bonds. The van der Waals surface area contributed by atoms with Crippen LogP contribution in [-0.2, 0) is 13.0 Å². The quantitative estimate of drug-likeness (QED) is 0.672. The fourth-order valence-corrected chi connectivity index (χ4v) is 2.82. The van der Waals surface area contributed by atoms with E-state index in [4.69, 9.17) is 0 Å². The number of carbonyl (C=O) groups is 1. The van der Waals surface area contributed by atoms with Gasteiger partial charge >= 0.3 is 5.69 Å². The topological polar surface area (TPSA) is 71.9 Å². The number of allylic oxidation sites excluding steroid dienone is 2. The zero-order valence-electron chi connectivity index (χ0n) is 15.4. The Labute approximate surface area is 147 Å². The lowest BCUT2D eigenvalue weighted by molar-refractivity contribution is 0.103. The van der Waals surface area contributed by atoms with Crippen molar-refractivity contribution in [1.82, 2.24) is 9.55 Å². The lowest BCUT2D eigenvalue weighted by atomic mass is 9.99. The monoisotopic (exact) mass is 340 g/mol. The van der Waals surface area contributed by atoms with E-state index in [1.54, 1.807) is 19.1 Å². The molecule has 0 atom stereocenters. The molecule has 1 N–H and O–H groups in total. The van der Waals surface area contributed by atoms with E-state index in [1.165, 1.54) is 0 Å². The number of aromatic amines is 1. The van der Waals surface area contributed by atoms with Crippen molar-refractivity contribution in [2.45, 2.75) is 47.6 Å². The van der Waals surface area contributed by atoms with Crippen molar-refractivity contribution >= 4 is 5.78 Å². The molecule has 25 heavy (non-hydrogen) atoms. The van der Waals surface area contributed by atoms with Crippen LogP contribution in [0, 0.1) is 13.8 Å². The molecule has 2 rings (SSSR count). The Morgan fingerprint density at radius 3 is 2.24 bits per heavy atom. The lowest BCUT2D eigenvalue weighted by Crippen LogP contribution is -2.39. The number of H-pyrrole nitrogens is 1. The van der Waals surface area contributed by atoms with E-state index in [-0.39, 0.29) is 18.0 Å². The molecule has 0 aliphatic carbocycles. The largest absolute Gasteiger partial charge is 0.329 e. The van der Waals surface area contributed by atoms with Gasteiger partial charge in [-0.15, -0.1) is 0 Å². The maximum absolute atomic E-state index is 12.9. The van der Waals surface area contributed by atoms with E-state index >= 15 is 0 Å². The van der Waals surface area contributed by atoms with Gasteiger partial charge in [-0.25, -0.2) is 4.79 Å². The van der Waals surface area contributed by atoms with Crippen LogP contribution < -0.4 is 11.2 Å². The molecule has 0 radical (unpaired) electrons. The minimum Gasteiger partial charge on any atom is -0.303 e. The highest BCUT2D eigenvalue weighted by Crippen LogP contribution is 2.14. The summed E-state index contributed by atoms with van der Waals surface area (Å²) in [5.74, 6) is -0.327. The van der Waals surface area contributed by atoms with Gasteiger partial charge in [0.15, 0.2) is 0 Å². The normalized spacial score (nSPS) is 10.6. The van der Waals surface area contributed by atoms with Crippen LogP contribution in [0.15, 0.2) is 39.4 Å². The van der Waals surface area contributed by atoms with Crippen LogP contribution in [0.4, 0.5) is 0 Å². The smallest absolute Gasteiger partial charge is 0.303 e. The van der Waals surface area contributed by atoms with E-state index in [0.29, 0.717) is 17.5 Å². The number of aromatic nitrogens is 2. The molecule has 1 heterocycles. The average molecular weight is 340 g/mol. The summed E-state index contributed by atoms with van der Waals surface area (Å²) in [4.78, 5) is 40.5. The molecule has 2 aromatic rings. The summed E-state index contributed by atoms with van der Waals surface area (Å²) in [5.41, 5.74) is 2.87. The molecule has 0 aliphatic heterocycles. The minimum absolute atomic E-state index is 0.0935. The van der Waals surface area contributed by atoms with Gasteiger partial charge in [0, 0.05) is 17.7 Å². The maximum Gasteiger partial charge on any atom is 0.329 e. The van der Waals surface area contributed by atoms with Crippen LogP contribution in [-0.4, -0.2) is 15.3 Å². The second kappa shape index (κ2) is 7.47. The first kappa shape index (κ1) is 18.6. The summed E-state index contributed by atoms with van der Waals surface area (Å²) in [6.45, 7) is 9.62. The number of nitrogens with zero attached hydrogens (tertiary/aromatic N) is 1. The van der Waals surface area contributed by atoms with Gasteiger partial charge < -0.3 is 4.98 Å². The summed E-state index contributed by atoms with van der Waals surface area (Å²) in [6, 6.07) is 5.50. The summed E-state index contributed by atoms with van der Waals surface area (Å²) in [7, 11) is 0. The fraction of sp³-hybridized carbons (Fsp3) is 0.350. The number of hydrogen-bond donors (Lipinski definition) is 1. The first-order chi connectivity index (χ1) is 11.7. The van der Waals surface area contributed by atoms with Crippen molar-refractivity contribution in [2.24, 2.45) is 0 Å². The van der Waals surface area contributed by atoms with Crippen LogP contribution in [0.1, 0.15) is 53.5 Å². The van der Waals surface area contributed by atoms with Crippen molar-refractivity contribution in [3.63, 3.8) is 0 Å². The number of ketones is 1. The zero-order chi connectivity index (χ0) is 18.7. The highest BCUT2D eigenvalue weighted by molar-refractivity contribution is 6.08. The van der Waals surface area contributed by atoms with Gasteiger partial charge in [-0.05, 0) is 46.2 Å². The molecular formula is C20H24N2O3. The van der Waals surface area contributed by atoms with Gasteiger partial charge in [0.05, 0.1) is 5.69 Å². The molecule has 132 valence electrons. The Kier molecular flexibility index (Phi) is 5.57. The van der Waals surface area contributed by atoms with Crippen molar-refractivity contribution in [1.29, 1.82) is 0 Å². The highest BCUT2D eigenvalue weighted by atomic mass is 16.2. The zero-order valence-corrected chi connectivity index (χ0v) is 15.4. The fourth-order valence-electron chi connectivity index (χ4n) is 2.82. The molecule has 0 fully saturated rings. The number of benzene rings is 1. The number of aryl methyl sites for hydroxylation is 2. The number of carbonyl (C=O) groups excluding carboxylic acids is 1. The van der Waals surface area contributed by atoms with E-state index in [2.05, 4.69) is 4.98 Å². The Morgan fingerprint density at radius 2 is 1.72 bits per heavy atom. The highest BCUT2D eigenvalue weighted by Gasteiger charge is 2.19. The van der Waals surface area contributed by atoms with Crippen LogP contribution >= 0.6 is 0 Å². The van der Waals surface area contributed by atoms with E-state index in [9.17, 15) is 14.4 Å². The molecule has 5 nitrogen and oxygen atoms in total. The third-order valence-electron chi connectivity index (χ3n) is 4.03. The predicted molar refractivity (Wildman–Crippen MR) is 99.5 cm³/mol. The number of rotatable bonds is 5. The van der Waals surface area contributed by atoms with Crippen molar-refractivity contribution < 1.29 is 4.79 Å². The van der Waals surface area contributed by atoms with Gasteiger partial charge in [0.1, 0.15) is 0 Å². The van der Waals surface area contributed by atoms with Gasteiger partial charge in [-0.2, -0.15) is 0 Å². The Hall–Kier alpha value is -2.69. The van der Waals surface area contributed by atoms with Crippen molar-refractivity contribution in [3.8, 4) is 0 Å². The van der Waals surface area contributed by atoms with E-state index < -0.39 is 11.2 Å². The van der Waals surface area contributed by atoms with E-state index in [0.717, 1.165) is 21.3 Å². The molecule has 1 aromatic carbocycles. The van der Waals surface area contributed by atoms with E-state index in [1.807, 2.05) is 39.8 Å². The number of hydrogen-bond acceptors (Lipinski definition) is 3. The molecule has 0 saturated heterocycles. The standard InChI is InChI=1S/C20H24N2O3/c1-6-16-17(18(23)15-10-13(4)9-14(5)11-15)21-20(25)22(19(16)24)8-7-12(2)3/h7,9-11H,6,8H2,1-5H3,(H,21,25). The minimum atomic E-state index is -0.563. The van der Waals surface area contributed by atoms with Gasteiger partial charge in [0.2, 0.25) is 5.78 Å². The van der Waals surface area contributed by atoms with Crippen molar-refractivity contribution in [3.05, 3.63) is 78.6 Å². The van der Waals surface area contributed by atoms with Gasteiger partial charge in [-0.1, -0.05) is 35.8 Å². The van der Waals surface area contributed by atoms with Gasteiger partial charge in [0.25, 0.3) is 5.56 Å². The Bertz CT molecular complexity index is 938. The molecule has 1 aromatic heterocycles. The van der Waals surface area contributed by atoms with Crippen LogP contribution in [0.25, 0.3) is 0 Å². The molecule has 0 unspecified atom stereocenters. The summed E-state index contributed by atoms with van der Waals surface area (Å²) in [5, 5.41) is 0. The predicted octanol–water partition coefficient (Wildman–Crippen LogP) is 2.91. The molecule has 0 aliphatic rings. The molecule has 0 spiro atoms. The summed E-state index contributed by atoms with van der Waals surface area (Å²) in [6.07, 6.45) is 2.18. The first-order valence-electron chi connectivity index (χ1n) is 8.37. The van der Waals surface area contributed by atoms with Crippen LogP contribution in [0.3, 0.4) is 0 Å². The lowest BCUT2D eigenvalue weighted by Gasteiger charge is -2.11. The maximum atomic E-state index is 12.9. The van der Waals surface area contributed by atoms with Gasteiger partial charge in [-0.3, -0.25) is 14.2 Å². The van der Waals surface area contributed by atoms with Crippen LogP contribution in [0.2, 0.25) is 0 Å². The Morgan fingerprint density at radius 1 is 1.12 bits per heavy atom. The first-order valence-corrected chi connectivity index (χ1v) is 8.37. The number of nitrogens with one attached hydrogen (secondary N) is 1. The SMILES string of the molecule is CCc1c(C(=O)c2cc(C)cc(C)c2)[nH]c(=O)n(CC=C(C)C)c1=O. The Balaban J connectivity index is 2.62. The molecule has 5 heteroatoms. The van der Waals surface area contributed by atoms with Crippen LogP contribution in [0.5, 0.6) is 0 Å². The third kappa shape index (κ3) is 4.05. The molecule has 0 bridgehead atoms.